The number of aryl methyl sites for hydroxylation is 1. The quantitative estimate of drug-likeness (QED) is 0.606. The average molecular weight is 322 g/mol. The zero-order valence-electron chi connectivity index (χ0n) is 11.7. The van der Waals surface area contributed by atoms with Gasteiger partial charge in [0.25, 0.3) is 0 Å². The van der Waals surface area contributed by atoms with Crippen LogP contribution in [0.25, 0.3) is 0 Å². The molecule has 0 spiro atoms. The van der Waals surface area contributed by atoms with E-state index >= 15 is 0 Å². The topological polar surface area (TPSA) is 89.3 Å². The monoisotopic (exact) mass is 322 g/mol. The minimum Gasteiger partial charge on any atom is -0.396 e. The summed E-state index contributed by atoms with van der Waals surface area (Å²) in [6.07, 6.45) is 2.03. The lowest BCUT2D eigenvalue weighted by atomic mass is 10.1. The Labute approximate surface area is 121 Å². The van der Waals surface area contributed by atoms with Gasteiger partial charge in [-0.2, -0.15) is 0 Å². The van der Waals surface area contributed by atoms with E-state index in [2.05, 4.69) is 4.72 Å². The summed E-state index contributed by atoms with van der Waals surface area (Å²) in [5, 5.41) is 0. The smallest absolute Gasteiger partial charge is 0.241 e. The first kappa shape index (κ1) is 17.1. The number of hydrogen-bond donors (Lipinski definition) is 2. The van der Waals surface area contributed by atoms with Crippen LogP contribution in [0, 0.1) is 19.7 Å². The standard InChI is InChI=1S/C12H19FN2O3S2/c1-8-7-10(13)11(14)9(2)12(8)20(17,18)15-5-4-6-19(3)16/h7,15H,4-6,14H2,1-3H3. The summed E-state index contributed by atoms with van der Waals surface area (Å²) in [7, 11) is -4.71. The summed E-state index contributed by atoms with van der Waals surface area (Å²) in [4.78, 5) is 0.00835. The molecule has 0 radical (unpaired) electrons. The summed E-state index contributed by atoms with van der Waals surface area (Å²) in [5.74, 6) is -0.202. The fourth-order valence-electron chi connectivity index (χ4n) is 1.90. The third kappa shape index (κ3) is 4.00. The molecular weight excluding hydrogens is 303 g/mol. The number of sulfonamides is 1. The molecule has 0 aliphatic heterocycles. The van der Waals surface area contributed by atoms with E-state index in [-0.39, 0.29) is 22.7 Å². The second-order valence-corrected chi connectivity index (χ2v) is 7.83. The number of nitrogen functional groups attached to an aromatic ring is 1. The predicted octanol–water partition coefficient (Wildman–Crippen LogP) is 1.07. The van der Waals surface area contributed by atoms with Crippen molar-refractivity contribution < 1.29 is 17.0 Å². The summed E-state index contributed by atoms with van der Waals surface area (Å²) in [5.41, 5.74) is 5.88. The Morgan fingerprint density at radius 1 is 1.40 bits per heavy atom. The van der Waals surface area contributed by atoms with E-state index in [0.29, 0.717) is 17.7 Å². The number of nitrogens with two attached hydrogens (primary N) is 1. The van der Waals surface area contributed by atoms with Crippen molar-refractivity contribution in [3.05, 3.63) is 23.0 Å². The number of hydrogen-bond acceptors (Lipinski definition) is 4. The van der Waals surface area contributed by atoms with E-state index < -0.39 is 26.6 Å². The molecule has 0 fully saturated rings. The van der Waals surface area contributed by atoms with Crippen molar-refractivity contribution in [2.45, 2.75) is 25.2 Å². The van der Waals surface area contributed by atoms with Crippen LogP contribution >= 0.6 is 0 Å². The van der Waals surface area contributed by atoms with E-state index in [1.165, 1.54) is 13.8 Å². The van der Waals surface area contributed by atoms with E-state index in [0.717, 1.165) is 6.07 Å². The Morgan fingerprint density at radius 2 is 2.00 bits per heavy atom. The maximum Gasteiger partial charge on any atom is 0.241 e. The van der Waals surface area contributed by atoms with Gasteiger partial charge in [0, 0.05) is 29.4 Å². The fraction of sp³-hybridized carbons (Fsp3) is 0.500. The molecule has 114 valence electrons. The summed E-state index contributed by atoms with van der Waals surface area (Å²) in [6.45, 7) is 3.17. The van der Waals surface area contributed by atoms with Crippen LogP contribution in [0.3, 0.4) is 0 Å². The van der Waals surface area contributed by atoms with Gasteiger partial charge in [0.2, 0.25) is 10.0 Å². The third-order valence-corrected chi connectivity index (χ3v) is 5.49. The van der Waals surface area contributed by atoms with Gasteiger partial charge in [0.15, 0.2) is 0 Å². The lowest BCUT2D eigenvalue weighted by molar-refractivity contribution is 0.578. The number of rotatable bonds is 6. The second-order valence-electron chi connectivity index (χ2n) is 4.57. The highest BCUT2D eigenvalue weighted by atomic mass is 32.2. The molecule has 0 bridgehead atoms. The normalized spacial score (nSPS) is 13.4. The molecule has 1 aromatic carbocycles. The molecule has 3 N–H and O–H groups in total. The molecule has 0 saturated heterocycles. The predicted molar refractivity (Wildman–Crippen MR) is 79.0 cm³/mol. The Bertz CT molecular complexity index is 630. The van der Waals surface area contributed by atoms with E-state index in [4.69, 9.17) is 5.73 Å². The number of halogens is 1. The van der Waals surface area contributed by atoms with Crippen LogP contribution in [-0.2, 0) is 20.8 Å². The zero-order valence-corrected chi connectivity index (χ0v) is 13.3. The molecular formula is C12H19FN2O3S2. The highest BCUT2D eigenvalue weighted by Crippen LogP contribution is 2.27. The molecule has 0 heterocycles. The Kier molecular flexibility index (Phi) is 5.67. The fourth-order valence-corrected chi connectivity index (χ4v) is 4.00. The van der Waals surface area contributed by atoms with Crippen LogP contribution < -0.4 is 10.5 Å². The molecule has 1 rings (SSSR count). The molecule has 0 aromatic heterocycles. The SMILES string of the molecule is Cc1cc(F)c(N)c(C)c1S(=O)(=O)NCCCS(C)=O. The van der Waals surface area contributed by atoms with Gasteiger partial charge < -0.3 is 5.73 Å². The van der Waals surface area contributed by atoms with E-state index in [1.54, 1.807) is 6.26 Å². The van der Waals surface area contributed by atoms with Gasteiger partial charge in [0.1, 0.15) is 5.82 Å². The Hall–Kier alpha value is -0.990. The third-order valence-electron chi connectivity index (χ3n) is 2.87. The largest absolute Gasteiger partial charge is 0.396 e. The van der Waals surface area contributed by atoms with Gasteiger partial charge in [-0.25, -0.2) is 17.5 Å². The first-order chi connectivity index (χ1) is 9.16. The van der Waals surface area contributed by atoms with E-state index in [9.17, 15) is 17.0 Å². The van der Waals surface area contributed by atoms with Crippen molar-refractivity contribution in [3.8, 4) is 0 Å². The molecule has 0 amide bonds. The first-order valence-corrected chi connectivity index (χ1v) is 9.22. The molecule has 0 aliphatic carbocycles. The van der Waals surface area contributed by atoms with Gasteiger partial charge >= 0.3 is 0 Å². The minimum absolute atomic E-state index is 0.00835. The highest BCUT2D eigenvalue weighted by molar-refractivity contribution is 7.89. The van der Waals surface area contributed by atoms with Crippen LogP contribution in [-0.4, -0.2) is 31.2 Å². The lowest BCUT2D eigenvalue weighted by Crippen LogP contribution is -2.27. The lowest BCUT2D eigenvalue weighted by Gasteiger charge is -2.14. The highest BCUT2D eigenvalue weighted by Gasteiger charge is 2.22. The average Bonchev–Trinajstić information content (AvgIpc) is 2.31. The van der Waals surface area contributed by atoms with Crippen LogP contribution in [0.2, 0.25) is 0 Å². The van der Waals surface area contributed by atoms with E-state index in [1.807, 2.05) is 0 Å². The van der Waals surface area contributed by atoms with Crippen molar-refractivity contribution in [2.24, 2.45) is 0 Å². The Balaban J connectivity index is 2.99. The molecule has 5 nitrogen and oxygen atoms in total. The zero-order chi connectivity index (χ0) is 15.5. The molecule has 20 heavy (non-hydrogen) atoms. The summed E-state index contributed by atoms with van der Waals surface area (Å²) >= 11 is 0. The molecule has 0 aliphatic rings. The molecule has 1 unspecified atom stereocenters. The number of benzene rings is 1. The Morgan fingerprint density at radius 3 is 2.55 bits per heavy atom. The van der Waals surface area contributed by atoms with Gasteiger partial charge in [-0.3, -0.25) is 4.21 Å². The van der Waals surface area contributed by atoms with Gasteiger partial charge in [-0.15, -0.1) is 0 Å². The van der Waals surface area contributed by atoms with Crippen molar-refractivity contribution in [3.63, 3.8) is 0 Å². The van der Waals surface area contributed by atoms with Crippen LogP contribution in [0.1, 0.15) is 17.5 Å². The van der Waals surface area contributed by atoms with Crippen LogP contribution in [0.4, 0.5) is 10.1 Å². The van der Waals surface area contributed by atoms with Gasteiger partial charge in [-0.05, 0) is 37.5 Å². The number of nitrogens with one attached hydrogen (secondary N) is 1. The van der Waals surface area contributed by atoms with Gasteiger partial charge in [0.05, 0.1) is 10.6 Å². The molecule has 1 aromatic rings. The van der Waals surface area contributed by atoms with Crippen molar-refractivity contribution in [2.75, 3.05) is 24.3 Å². The second kappa shape index (κ2) is 6.64. The molecule has 0 saturated carbocycles. The van der Waals surface area contributed by atoms with Crippen molar-refractivity contribution in [1.29, 1.82) is 0 Å². The van der Waals surface area contributed by atoms with Crippen LogP contribution in [0.15, 0.2) is 11.0 Å². The first-order valence-electron chi connectivity index (χ1n) is 6.01. The van der Waals surface area contributed by atoms with Crippen molar-refractivity contribution >= 4 is 26.5 Å². The molecule has 8 heteroatoms. The maximum absolute atomic E-state index is 13.4. The summed E-state index contributed by atoms with van der Waals surface area (Å²) in [6, 6.07) is 1.11. The van der Waals surface area contributed by atoms with Gasteiger partial charge in [-0.1, -0.05) is 0 Å². The maximum atomic E-state index is 13.4. The number of anilines is 1. The minimum atomic E-state index is -3.75. The molecule has 1 atom stereocenters. The summed E-state index contributed by atoms with van der Waals surface area (Å²) < 4.78 is 51.2. The van der Waals surface area contributed by atoms with Crippen molar-refractivity contribution in [1.82, 2.24) is 4.72 Å². The van der Waals surface area contributed by atoms with Crippen LogP contribution in [0.5, 0.6) is 0 Å².